The van der Waals surface area contributed by atoms with E-state index >= 15 is 0 Å². The Morgan fingerprint density at radius 1 is 1.40 bits per heavy atom. The van der Waals surface area contributed by atoms with E-state index < -0.39 is 0 Å². The average molecular weight is 281 g/mol. The van der Waals surface area contributed by atoms with Crippen LogP contribution < -0.4 is 10.6 Å². The Kier molecular flexibility index (Phi) is 5.02. The lowest BCUT2D eigenvalue weighted by Crippen LogP contribution is -2.52. The van der Waals surface area contributed by atoms with Crippen molar-refractivity contribution in [2.45, 2.75) is 51.5 Å². The summed E-state index contributed by atoms with van der Waals surface area (Å²) in [5.41, 5.74) is -0.304. The van der Waals surface area contributed by atoms with Crippen molar-refractivity contribution in [2.75, 3.05) is 26.7 Å². The number of rotatable bonds is 6. The normalized spacial score (nSPS) is 26.1. The first-order valence-electron chi connectivity index (χ1n) is 7.83. The molecule has 0 radical (unpaired) electrons. The minimum atomic E-state index is -0.304. The molecule has 0 aromatic heterocycles. The molecule has 114 valence electrons. The molecule has 1 saturated heterocycles. The first-order chi connectivity index (χ1) is 9.57. The minimum Gasteiger partial charge on any atom is -0.352 e. The number of hydrogen-bond donors (Lipinski definition) is 2. The van der Waals surface area contributed by atoms with Gasteiger partial charge in [-0.05, 0) is 38.6 Å². The lowest BCUT2D eigenvalue weighted by molar-refractivity contribution is -0.145. The van der Waals surface area contributed by atoms with Gasteiger partial charge in [0.1, 0.15) is 0 Å². The van der Waals surface area contributed by atoms with Crippen molar-refractivity contribution in [3.8, 4) is 0 Å². The molecule has 1 saturated carbocycles. The Hall–Kier alpha value is -1.10. The number of amides is 2. The maximum absolute atomic E-state index is 12.8. The summed E-state index contributed by atoms with van der Waals surface area (Å²) in [7, 11) is 1.75. The third kappa shape index (κ3) is 3.72. The van der Waals surface area contributed by atoms with Gasteiger partial charge >= 0.3 is 0 Å². The summed E-state index contributed by atoms with van der Waals surface area (Å²) in [4.78, 5) is 26.2. The Balaban J connectivity index is 1.92. The van der Waals surface area contributed by atoms with Crippen LogP contribution in [0, 0.1) is 5.41 Å². The Bertz CT molecular complexity index is 355. The number of carbonyl (C=O) groups excluding carboxylic acids is 2. The number of nitrogens with zero attached hydrogens (tertiary/aromatic N) is 1. The molecule has 0 aromatic rings. The van der Waals surface area contributed by atoms with Gasteiger partial charge in [0.25, 0.3) is 0 Å². The second-order valence-electron chi connectivity index (χ2n) is 6.31. The second-order valence-corrected chi connectivity index (χ2v) is 6.31. The summed E-state index contributed by atoms with van der Waals surface area (Å²) in [6, 6.07) is 0.354. The van der Waals surface area contributed by atoms with Crippen LogP contribution >= 0.6 is 0 Å². The summed E-state index contributed by atoms with van der Waals surface area (Å²) < 4.78 is 0. The van der Waals surface area contributed by atoms with Gasteiger partial charge in [0.15, 0.2) is 0 Å². The van der Waals surface area contributed by atoms with Crippen LogP contribution in [0.4, 0.5) is 0 Å². The van der Waals surface area contributed by atoms with Crippen LogP contribution in [0.1, 0.15) is 45.4 Å². The van der Waals surface area contributed by atoms with Crippen LogP contribution in [0.2, 0.25) is 0 Å². The highest BCUT2D eigenvalue weighted by molar-refractivity contribution is 5.88. The molecule has 2 amide bonds. The van der Waals surface area contributed by atoms with Crippen LogP contribution in [0.25, 0.3) is 0 Å². The molecule has 1 aliphatic carbocycles. The third-order valence-electron chi connectivity index (χ3n) is 4.32. The molecule has 0 bridgehead atoms. The molecule has 1 unspecified atom stereocenters. The Morgan fingerprint density at radius 3 is 2.70 bits per heavy atom. The van der Waals surface area contributed by atoms with Gasteiger partial charge in [-0.15, -0.1) is 0 Å². The zero-order chi connectivity index (χ0) is 14.6. The molecule has 2 rings (SSSR count). The highest BCUT2D eigenvalue weighted by atomic mass is 16.2. The topological polar surface area (TPSA) is 61.4 Å². The molecule has 2 aliphatic rings. The van der Waals surface area contributed by atoms with Gasteiger partial charge in [0, 0.05) is 19.6 Å². The number of nitrogens with one attached hydrogen (secondary N) is 2. The Morgan fingerprint density at radius 2 is 2.15 bits per heavy atom. The molecule has 5 nitrogen and oxygen atoms in total. The standard InChI is InChI=1S/C15H27N3O2/c1-3-7-15(8-4-9-16-11-15)14(20)18(2)10-13(19)17-12-5-6-12/h12,16H,3-11H2,1-2H3,(H,17,19). The van der Waals surface area contributed by atoms with Gasteiger partial charge in [-0.25, -0.2) is 0 Å². The largest absolute Gasteiger partial charge is 0.352 e. The van der Waals surface area contributed by atoms with Gasteiger partial charge in [0.05, 0.1) is 12.0 Å². The maximum Gasteiger partial charge on any atom is 0.239 e. The molecular weight excluding hydrogens is 254 g/mol. The highest BCUT2D eigenvalue weighted by Gasteiger charge is 2.40. The smallest absolute Gasteiger partial charge is 0.239 e. The first-order valence-corrected chi connectivity index (χ1v) is 7.83. The van der Waals surface area contributed by atoms with E-state index in [1.165, 1.54) is 0 Å². The monoisotopic (exact) mass is 281 g/mol. The summed E-state index contributed by atoms with van der Waals surface area (Å²) >= 11 is 0. The molecule has 1 heterocycles. The summed E-state index contributed by atoms with van der Waals surface area (Å²) in [6.07, 6.45) is 6.01. The van der Waals surface area contributed by atoms with Crippen LogP contribution in [0.3, 0.4) is 0 Å². The molecule has 2 fully saturated rings. The first kappa shape index (κ1) is 15.3. The maximum atomic E-state index is 12.8. The fraction of sp³-hybridized carbons (Fsp3) is 0.867. The average Bonchev–Trinajstić information content (AvgIpc) is 3.23. The molecule has 5 heteroatoms. The fourth-order valence-corrected chi connectivity index (χ4v) is 3.14. The predicted octanol–water partition coefficient (Wildman–Crippen LogP) is 0.893. The van der Waals surface area contributed by atoms with Crippen LogP contribution in [0.5, 0.6) is 0 Å². The van der Waals surface area contributed by atoms with Crippen molar-refractivity contribution in [2.24, 2.45) is 5.41 Å². The number of piperidine rings is 1. The molecule has 0 spiro atoms. The van der Waals surface area contributed by atoms with Crippen molar-refractivity contribution in [1.82, 2.24) is 15.5 Å². The molecule has 2 N–H and O–H groups in total. The number of hydrogen-bond acceptors (Lipinski definition) is 3. The van der Waals surface area contributed by atoms with E-state index in [1.54, 1.807) is 11.9 Å². The van der Waals surface area contributed by atoms with Gasteiger partial charge in [0.2, 0.25) is 11.8 Å². The van der Waals surface area contributed by atoms with Gasteiger partial charge in [-0.2, -0.15) is 0 Å². The quantitative estimate of drug-likeness (QED) is 0.760. The molecule has 1 atom stereocenters. The lowest BCUT2D eigenvalue weighted by Gasteiger charge is -2.38. The molecule has 0 aromatic carbocycles. The minimum absolute atomic E-state index is 0.0289. The van der Waals surface area contributed by atoms with Crippen molar-refractivity contribution in [3.05, 3.63) is 0 Å². The molecule has 20 heavy (non-hydrogen) atoms. The second kappa shape index (κ2) is 6.57. The van der Waals surface area contributed by atoms with Gasteiger partial charge in [-0.3, -0.25) is 9.59 Å². The van der Waals surface area contributed by atoms with E-state index in [9.17, 15) is 9.59 Å². The Labute approximate surface area is 121 Å². The van der Waals surface area contributed by atoms with Gasteiger partial charge in [-0.1, -0.05) is 13.3 Å². The van der Waals surface area contributed by atoms with Crippen molar-refractivity contribution in [1.29, 1.82) is 0 Å². The summed E-state index contributed by atoms with van der Waals surface area (Å²) in [5, 5.41) is 6.28. The van der Waals surface area contributed by atoms with E-state index in [-0.39, 0.29) is 23.8 Å². The van der Waals surface area contributed by atoms with Crippen molar-refractivity contribution < 1.29 is 9.59 Å². The zero-order valence-corrected chi connectivity index (χ0v) is 12.7. The number of carbonyl (C=O) groups is 2. The van der Waals surface area contributed by atoms with E-state index in [2.05, 4.69) is 17.6 Å². The van der Waals surface area contributed by atoms with Crippen LogP contribution in [0.15, 0.2) is 0 Å². The zero-order valence-electron chi connectivity index (χ0n) is 12.7. The summed E-state index contributed by atoms with van der Waals surface area (Å²) in [5.74, 6) is 0.0938. The lowest BCUT2D eigenvalue weighted by atomic mass is 9.76. The van der Waals surface area contributed by atoms with E-state index in [0.717, 1.165) is 51.6 Å². The van der Waals surface area contributed by atoms with Crippen LogP contribution in [-0.2, 0) is 9.59 Å². The SMILES string of the molecule is CCCC1(C(=O)N(C)CC(=O)NC2CC2)CCCNC1. The third-order valence-corrected chi connectivity index (χ3v) is 4.32. The van der Waals surface area contributed by atoms with E-state index in [4.69, 9.17) is 0 Å². The summed E-state index contributed by atoms with van der Waals surface area (Å²) in [6.45, 7) is 4.03. The van der Waals surface area contributed by atoms with E-state index in [1.807, 2.05) is 0 Å². The van der Waals surface area contributed by atoms with Crippen molar-refractivity contribution in [3.63, 3.8) is 0 Å². The predicted molar refractivity (Wildman–Crippen MR) is 78.2 cm³/mol. The highest BCUT2D eigenvalue weighted by Crippen LogP contribution is 2.33. The molecular formula is C15H27N3O2. The van der Waals surface area contributed by atoms with Crippen molar-refractivity contribution >= 4 is 11.8 Å². The number of likely N-dealkylation sites (N-methyl/N-ethyl adjacent to an activating group) is 1. The van der Waals surface area contributed by atoms with Gasteiger partial charge < -0.3 is 15.5 Å². The van der Waals surface area contributed by atoms with Crippen LogP contribution in [-0.4, -0.2) is 49.4 Å². The van der Waals surface area contributed by atoms with E-state index in [0.29, 0.717) is 6.04 Å². The fourth-order valence-electron chi connectivity index (χ4n) is 3.14. The molecule has 1 aliphatic heterocycles.